The van der Waals surface area contributed by atoms with Gasteiger partial charge in [0.15, 0.2) is 5.82 Å². The van der Waals surface area contributed by atoms with Gasteiger partial charge in [-0.25, -0.2) is 0 Å². The van der Waals surface area contributed by atoms with Crippen molar-refractivity contribution in [1.82, 2.24) is 10.1 Å². The van der Waals surface area contributed by atoms with E-state index in [0.29, 0.717) is 23.4 Å². The van der Waals surface area contributed by atoms with E-state index in [1.165, 1.54) is 5.56 Å². The number of hydrogen-bond donors (Lipinski definition) is 0. The molecule has 0 amide bonds. The molecule has 5 heteroatoms. The maximum atomic E-state index is 12.3. The van der Waals surface area contributed by atoms with Crippen LogP contribution >= 0.6 is 0 Å². The van der Waals surface area contributed by atoms with Crippen LogP contribution in [0.25, 0.3) is 0 Å². The Morgan fingerprint density at radius 1 is 1.20 bits per heavy atom. The lowest BCUT2D eigenvalue weighted by Gasteiger charge is -2.09. The molecule has 0 N–H and O–H groups in total. The van der Waals surface area contributed by atoms with Crippen molar-refractivity contribution in [2.75, 3.05) is 0 Å². The standard InChI is InChI=1S/C15H20N2O2S/c1-10(2)14-7-5-13(6-8-14)9-20(18)11(3)15-16-12(4)17-19-15/h5-8,10-11H,9H2,1-4H3/t11-,20+/m0/s1. The summed E-state index contributed by atoms with van der Waals surface area (Å²) in [6.45, 7) is 7.93. The van der Waals surface area contributed by atoms with Gasteiger partial charge in [0, 0.05) is 16.6 Å². The molecule has 0 radical (unpaired) electrons. The topological polar surface area (TPSA) is 56.0 Å². The molecule has 0 spiro atoms. The zero-order valence-corrected chi connectivity index (χ0v) is 13.1. The molecule has 2 rings (SSSR count). The molecule has 20 heavy (non-hydrogen) atoms. The molecule has 0 saturated carbocycles. The Morgan fingerprint density at radius 3 is 2.35 bits per heavy atom. The quantitative estimate of drug-likeness (QED) is 0.846. The SMILES string of the molecule is Cc1noc([C@H](C)[S@](=O)Cc2ccc(C(C)C)cc2)n1. The van der Waals surface area contributed by atoms with Gasteiger partial charge in [0.2, 0.25) is 5.89 Å². The molecule has 0 saturated heterocycles. The van der Waals surface area contributed by atoms with E-state index in [4.69, 9.17) is 4.52 Å². The fraction of sp³-hybridized carbons (Fsp3) is 0.467. The average molecular weight is 292 g/mol. The van der Waals surface area contributed by atoms with Crippen LogP contribution in [0, 0.1) is 6.92 Å². The Morgan fingerprint density at radius 2 is 1.85 bits per heavy atom. The largest absolute Gasteiger partial charge is 0.338 e. The third-order valence-electron chi connectivity index (χ3n) is 3.24. The van der Waals surface area contributed by atoms with E-state index in [1.807, 2.05) is 19.1 Å². The van der Waals surface area contributed by atoms with E-state index in [-0.39, 0.29) is 5.25 Å². The van der Waals surface area contributed by atoms with Gasteiger partial charge in [-0.3, -0.25) is 4.21 Å². The molecule has 108 valence electrons. The molecule has 1 aromatic carbocycles. The predicted octanol–water partition coefficient (Wildman–Crippen LogP) is 3.51. The summed E-state index contributed by atoms with van der Waals surface area (Å²) in [6, 6.07) is 8.27. The summed E-state index contributed by atoms with van der Waals surface area (Å²) in [6.07, 6.45) is 0. The minimum absolute atomic E-state index is 0.249. The Balaban J connectivity index is 2.04. The van der Waals surface area contributed by atoms with Gasteiger partial charge in [-0.1, -0.05) is 43.3 Å². The number of nitrogens with zero attached hydrogens (tertiary/aromatic N) is 2. The summed E-state index contributed by atoms with van der Waals surface area (Å²) in [7, 11) is -1.07. The van der Waals surface area contributed by atoms with Crippen molar-refractivity contribution in [3.8, 4) is 0 Å². The first kappa shape index (κ1) is 14.9. The molecule has 0 aliphatic heterocycles. The summed E-state index contributed by atoms with van der Waals surface area (Å²) >= 11 is 0. The third-order valence-corrected chi connectivity index (χ3v) is 4.85. The van der Waals surface area contributed by atoms with E-state index >= 15 is 0 Å². The van der Waals surface area contributed by atoms with Crippen molar-refractivity contribution >= 4 is 10.8 Å². The van der Waals surface area contributed by atoms with Crippen LogP contribution in [0.1, 0.15) is 54.8 Å². The third kappa shape index (κ3) is 3.54. The second-order valence-corrected chi connectivity index (χ2v) is 7.00. The molecule has 4 nitrogen and oxygen atoms in total. The first-order chi connectivity index (χ1) is 9.47. The summed E-state index contributed by atoms with van der Waals surface area (Å²) < 4.78 is 17.4. The van der Waals surface area contributed by atoms with Crippen molar-refractivity contribution in [3.63, 3.8) is 0 Å². The summed E-state index contributed by atoms with van der Waals surface area (Å²) in [5.74, 6) is 2.03. The zero-order valence-electron chi connectivity index (χ0n) is 12.3. The highest BCUT2D eigenvalue weighted by Gasteiger charge is 2.20. The van der Waals surface area contributed by atoms with Gasteiger partial charge in [-0.2, -0.15) is 4.98 Å². The van der Waals surface area contributed by atoms with Crippen molar-refractivity contribution in [1.29, 1.82) is 0 Å². The van der Waals surface area contributed by atoms with Crippen molar-refractivity contribution in [3.05, 3.63) is 47.1 Å². The molecule has 0 bridgehead atoms. The predicted molar refractivity (Wildman–Crippen MR) is 79.8 cm³/mol. The Hall–Kier alpha value is -1.49. The molecular weight excluding hydrogens is 272 g/mol. The van der Waals surface area contributed by atoms with Gasteiger partial charge in [0.25, 0.3) is 0 Å². The molecule has 0 fully saturated rings. The lowest BCUT2D eigenvalue weighted by atomic mass is 10.0. The zero-order chi connectivity index (χ0) is 14.7. The second-order valence-electron chi connectivity index (χ2n) is 5.24. The van der Waals surface area contributed by atoms with Crippen LogP contribution in [-0.4, -0.2) is 14.3 Å². The highest BCUT2D eigenvalue weighted by molar-refractivity contribution is 7.84. The van der Waals surface area contributed by atoms with Gasteiger partial charge < -0.3 is 4.52 Å². The van der Waals surface area contributed by atoms with Gasteiger partial charge >= 0.3 is 0 Å². The smallest absolute Gasteiger partial charge is 0.242 e. The van der Waals surface area contributed by atoms with Crippen LogP contribution in [0.4, 0.5) is 0 Å². The fourth-order valence-corrected chi connectivity index (χ4v) is 2.97. The maximum absolute atomic E-state index is 12.3. The Labute approximate surface area is 122 Å². The van der Waals surface area contributed by atoms with Gasteiger partial charge in [-0.15, -0.1) is 0 Å². The van der Waals surface area contributed by atoms with Crippen LogP contribution in [-0.2, 0) is 16.6 Å². The molecule has 2 atom stereocenters. The number of aromatic nitrogens is 2. The van der Waals surface area contributed by atoms with Gasteiger partial charge in [0.1, 0.15) is 5.25 Å². The summed E-state index contributed by atoms with van der Waals surface area (Å²) in [5.41, 5.74) is 2.36. The summed E-state index contributed by atoms with van der Waals surface area (Å²) in [4.78, 5) is 4.14. The Bertz CT molecular complexity index is 590. The van der Waals surface area contributed by atoms with E-state index in [9.17, 15) is 4.21 Å². The van der Waals surface area contributed by atoms with Crippen LogP contribution in [0.15, 0.2) is 28.8 Å². The van der Waals surface area contributed by atoms with Crippen LogP contribution in [0.5, 0.6) is 0 Å². The molecule has 2 aromatic rings. The molecular formula is C15H20N2O2S. The molecule has 1 heterocycles. The molecule has 1 aromatic heterocycles. The molecule has 0 aliphatic rings. The number of aryl methyl sites for hydroxylation is 1. The van der Waals surface area contributed by atoms with E-state index in [2.05, 4.69) is 36.1 Å². The minimum Gasteiger partial charge on any atom is -0.338 e. The lowest BCUT2D eigenvalue weighted by Crippen LogP contribution is -2.06. The minimum atomic E-state index is -1.07. The summed E-state index contributed by atoms with van der Waals surface area (Å²) in [5, 5.41) is 3.49. The monoisotopic (exact) mass is 292 g/mol. The van der Waals surface area contributed by atoms with Crippen LogP contribution in [0.3, 0.4) is 0 Å². The number of benzene rings is 1. The van der Waals surface area contributed by atoms with Crippen LogP contribution in [0.2, 0.25) is 0 Å². The van der Waals surface area contributed by atoms with Gasteiger partial charge in [-0.05, 0) is 30.9 Å². The van der Waals surface area contributed by atoms with E-state index in [0.717, 1.165) is 5.56 Å². The van der Waals surface area contributed by atoms with Crippen molar-refractivity contribution < 1.29 is 8.73 Å². The van der Waals surface area contributed by atoms with E-state index < -0.39 is 10.8 Å². The van der Waals surface area contributed by atoms with E-state index in [1.54, 1.807) is 6.92 Å². The first-order valence-electron chi connectivity index (χ1n) is 6.73. The number of hydrogen-bond acceptors (Lipinski definition) is 4. The van der Waals surface area contributed by atoms with Crippen LogP contribution < -0.4 is 0 Å². The lowest BCUT2D eigenvalue weighted by molar-refractivity contribution is 0.375. The highest BCUT2D eigenvalue weighted by atomic mass is 32.2. The fourth-order valence-electron chi connectivity index (χ4n) is 1.88. The number of rotatable bonds is 5. The Kier molecular flexibility index (Phi) is 4.70. The van der Waals surface area contributed by atoms with Gasteiger partial charge in [0.05, 0.1) is 0 Å². The highest BCUT2D eigenvalue weighted by Crippen LogP contribution is 2.21. The first-order valence-corrected chi connectivity index (χ1v) is 8.11. The second kappa shape index (κ2) is 6.31. The average Bonchev–Trinajstić information content (AvgIpc) is 2.85. The maximum Gasteiger partial charge on any atom is 0.242 e. The van der Waals surface area contributed by atoms with Crippen molar-refractivity contribution in [2.45, 2.75) is 44.6 Å². The molecule has 0 aliphatic carbocycles. The molecule has 0 unspecified atom stereocenters. The van der Waals surface area contributed by atoms with Crippen molar-refractivity contribution in [2.24, 2.45) is 0 Å². The normalized spacial score (nSPS) is 14.4.